The van der Waals surface area contributed by atoms with Crippen LogP contribution in [0.15, 0.2) is 41.3 Å². The molecule has 0 bridgehead atoms. The first kappa shape index (κ1) is 21.3. The first-order valence-electron chi connectivity index (χ1n) is 10.2. The molecule has 0 saturated carbocycles. The highest BCUT2D eigenvalue weighted by molar-refractivity contribution is 5.76. The summed E-state index contributed by atoms with van der Waals surface area (Å²) in [7, 11) is 0. The molecule has 29 heavy (non-hydrogen) atoms. The summed E-state index contributed by atoms with van der Waals surface area (Å²) in [6, 6.07) is 9.98. The molecular formula is C23H30N2O4. The summed E-state index contributed by atoms with van der Waals surface area (Å²) in [6.07, 6.45) is 3.14. The number of pyridine rings is 1. The van der Waals surface area contributed by atoms with E-state index in [1.807, 2.05) is 35.2 Å². The van der Waals surface area contributed by atoms with E-state index >= 15 is 0 Å². The van der Waals surface area contributed by atoms with E-state index in [2.05, 4.69) is 4.98 Å². The fraction of sp³-hybridized carbons (Fsp3) is 0.478. The van der Waals surface area contributed by atoms with E-state index in [9.17, 15) is 19.8 Å². The Labute approximate surface area is 171 Å². The van der Waals surface area contributed by atoms with Crippen LogP contribution in [-0.4, -0.2) is 45.3 Å². The number of aliphatic hydroxyl groups excluding tert-OH is 1. The number of carboxylic acids is 1. The molecule has 0 amide bonds. The van der Waals surface area contributed by atoms with Crippen LogP contribution in [0.1, 0.15) is 41.6 Å². The number of carboxylic acid groups (broad SMARTS) is 1. The number of carbonyl (C=O) groups is 1. The minimum absolute atomic E-state index is 0.0168. The van der Waals surface area contributed by atoms with Crippen molar-refractivity contribution >= 4 is 5.97 Å². The molecule has 6 nitrogen and oxygen atoms in total. The topological polar surface area (TPSA) is 93.6 Å². The van der Waals surface area contributed by atoms with Crippen LogP contribution in [0.4, 0.5) is 0 Å². The number of nitrogens with zero attached hydrogens (tertiary/aromatic N) is 1. The van der Waals surface area contributed by atoms with E-state index in [4.69, 9.17) is 0 Å². The van der Waals surface area contributed by atoms with Crippen LogP contribution in [0.3, 0.4) is 0 Å². The largest absolute Gasteiger partial charge is 0.481 e. The summed E-state index contributed by atoms with van der Waals surface area (Å²) in [4.78, 5) is 29.7. The summed E-state index contributed by atoms with van der Waals surface area (Å²) in [5.41, 5.74) is 2.14. The Hall–Kier alpha value is -2.44. The van der Waals surface area contributed by atoms with E-state index in [-0.39, 0.29) is 12.0 Å². The van der Waals surface area contributed by atoms with E-state index in [1.165, 1.54) is 5.56 Å². The average molecular weight is 399 g/mol. The summed E-state index contributed by atoms with van der Waals surface area (Å²) >= 11 is 0. The maximum absolute atomic E-state index is 12.2. The molecule has 1 saturated heterocycles. The minimum Gasteiger partial charge on any atom is -0.481 e. The van der Waals surface area contributed by atoms with Crippen molar-refractivity contribution in [2.75, 3.05) is 13.1 Å². The number of aromatic nitrogens is 1. The molecule has 1 aromatic heterocycles. The quantitative estimate of drug-likeness (QED) is 0.667. The molecule has 0 aliphatic carbocycles. The Morgan fingerprint density at radius 2 is 2.00 bits per heavy atom. The third-order valence-electron chi connectivity index (χ3n) is 6.22. The standard InChI is InChI=1S/C23H30N2O4/c1-16-13-24-19(17(2)21(16)27)14-25-12-10-20(26)23(15-25,22(28)29)11-6-9-18-7-4-3-5-8-18/h3-5,7-8,13,20,26H,6,9-12,14-15H2,1-2H3,(H,24,27)(H,28,29)/t20-,23+/m0/s1. The minimum atomic E-state index is -1.19. The highest BCUT2D eigenvalue weighted by Gasteiger charge is 2.48. The van der Waals surface area contributed by atoms with Gasteiger partial charge in [0.25, 0.3) is 0 Å². The lowest BCUT2D eigenvalue weighted by Crippen LogP contribution is -2.55. The van der Waals surface area contributed by atoms with Gasteiger partial charge in [0.1, 0.15) is 5.41 Å². The van der Waals surface area contributed by atoms with Crippen molar-refractivity contribution in [3.8, 4) is 0 Å². The number of aliphatic hydroxyl groups is 1. The van der Waals surface area contributed by atoms with Gasteiger partial charge < -0.3 is 15.2 Å². The maximum Gasteiger partial charge on any atom is 0.313 e. The van der Waals surface area contributed by atoms with Gasteiger partial charge in [0.2, 0.25) is 0 Å². The third-order valence-corrected chi connectivity index (χ3v) is 6.22. The number of hydrogen-bond donors (Lipinski definition) is 3. The van der Waals surface area contributed by atoms with Crippen molar-refractivity contribution in [1.82, 2.24) is 9.88 Å². The molecule has 1 aliphatic heterocycles. The van der Waals surface area contributed by atoms with Crippen LogP contribution >= 0.6 is 0 Å². The predicted octanol–water partition coefficient (Wildman–Crippen LogP) is 2.65. The monoisotopic (exact) mass is 398 g/mol. The van der Waals surface area contributed by atoms with Crippen molar-refractivity contribution < 1.29 is 15.0 Å². The van der Waals surface area contributed by atoms with Gasteiger partial charge in [-0.3, -0.25) is 14.5 Å². The van der Waals surface area contributed by atoms with Crippen molar-refractivity contribution in [1.29, 1.82) is 0 Å². The average Bonchev–Trinajstić information content (AvgIpc) is 2.71. The lowest BCUT2D eigenvalue weighted by atomic mass is 9.73. The summed E-state index contributed by atoms with van der Waals surface area (Å²) in [5, 5.41) is 20.7. The number of piperidine rings is 1. The number of hydrogen-bond acceptors (Lipinski definition) is 4. The third kappa shape index (κ3) is 4.60. The number of benzene rings is 1. The van der Waals surface area contributed by atoms with E-state index in [1.54, 1.807) is 20.0 Å². The summed E-state index contributed by atoms with van der Waals surface area (Å²) < 4.78 is 0. The second-order valence-electron chi connectivity index (χ2n) is 8.22. The molecule has 1 aromatic carbocycles. The van der Waals surface area contributed by atoms with Gasteiger partial charge in [0.15, 0.2) is 5.43 Å². The summed E-state index contributed by atoms with van der Waals surface area (Å²) in [6.45, 7) is 4.92. The maximum atomic E-state index is 12.2. The summed E-state index contributed by atoms with van der Waals surface area (Å²) in [5.74, 6) is -0.947. The zero-order valence-electron chi connectivity index (χ0n) is 17.1. The van der Waals surface area contributed by atoms with Crippen molar-refractivity contribution in [2.45, 2.75) is 52.2 Å². The van der Waals surface area contributed by atoms with Crippen LogP contribution < -0.4 is 5.43 Å². The fourth-order valence-electron chi connectivity index (χ4n) is 4.30. The smallest absolute Gasteiger partial charge is 0.313 e. The van der Waals surface area contributed by atoms with Gasteiger partial charge >= 0.3 is 5.97 Å². The van der Waals surface area contributed by atoms with E-state index < -0.39 is 17.5 Å². The fourth-order valence-corrected chi connectivity index (χ4v) is 4.30. The van der Waals surface area contributed by atoms with Crippen LogP contribution in [0.5, 0.6) is 0 Å². The Bertz CT molecular complexity index is 909. The zero-order valence-corrected chi connectivity index (χ0v) is 17.1. The Kier molecular flexibility index (Phi) is 6.55. The van der Waals surface area contributed by atoms with Crippen LogP contribution in [-0.2, 0) is 17.8 Å². The number of likely N-dealkylation sites (tertiary alicyclic amines) is 1. The number of rotatable bonds is 7. The molecule has 0 spiro atoms. The molecule has 2 aromatic rings. The van der Waals surface area contributed by atoms with Crippen molar-refractivity contribution in [3.63, 3.8) is 0 Å². The lowest BCUT2D eigenvalue weighted by Gasteiger charge is -2.43. The van der Waals surface area contributed by atoms with Gasteiger partial charge in [-0.25, -0.2) is 0 Å². The molecule has 1 aliphatic rings. The molecule has 3 rings (SSSR count). The van der Waals surface area contributed by atoms with Crippen molar-refractivity contribution in [3.05, 3.63) is 69.1 Å². The molecule has 0 unspecified atom stereocenters. The lowest BCUT2D eigenvalue weighted by molar-refractivity contribution is -0.164. The number of aromatic amines is 1. The van der Waals surface area contributed by atoms with E-state index in [0.29, 0.717) is 43.5 Å². The zero-order chi connectivity index (χ0) is 21.0. The van der Waals surface area contributed by atoms with Gasteiger partial charge in [0, 0.05) is 42.7 Å². The number of aliphatic carboxylic acids is 1. The van der Waals surface area contributed by atoms with Gasteiger partial charge in [-0.05, 0) is 45.1 Å². The van der Waals surface area contributed by atoms with Crippen molar-refractivity contribution in [2.24, 2.45) is 5.41 Å². The highest BCUT2D eigenvalue weighted by Crippen LogP contribution is 2.36. The number of nitrogens with one attached hydrogen (secondary N) is 1. The van der Waals surface area contributed by atoms with Gasteiger partial charge in [0.05, 0.1) is 6.10 Å². The number of aryl methyl sites for hydroxylation is 2. The number of H-pyrrole nitrogens is 1. The first-order valence-corrected chi connectivity index (χ1v) is 10.2. The van der Waals surface area contributed by atoms with Crippen LogP contribution in [0, 0.1) is 19.3 Å². The highest BCUT2D eigenvalue weighted by atomic mass is 16.4. The normalized spacial score (nSPS) is 22.5. The Morgan fingerprint density at radius 1 is 1.28 bits per heavy atom. The molecule has 156 valence electrons. The van der Waals surface area contributed by atoms with Crippen LogP contribution in [0.2, 0.25) is 0 Å². The molecule has 3 N–H and O–H groups in total. The SMILES string of the molecule is Cc1c[nH]c(CN2CC[C@H](O)[C@](CCCc3ccccc3)(C(=O)O)C2)c(C)c1=O. The second kappa shape index (κ2) is 8.93. The molecular weight excluding hydrogens is 368 g/mol. The molecule has 6 heteroatoms. The molecule has 2 heterocycles. The Balaban J connectivity index is 1.73. The second-order valence-corrected chi connectivity index (χ2v) is 8.22. The molecule has 1 fully saturated rings. The predicted molar refractivity (Wildman–Crippen MR) is 112 cm³/mol. The van der Waals surface area contributed by atoms with Crippen LogP contribution in [0.25, 0.3) is 0 Å². The first-order chi connectivity index (χ1) is 13.8. The molecule has 0 radical (unpaired) electrons. The molecule has 2 atom stereocenters. The Morgan fingerprint density at radius 3 is 2.69 bits per heavy atom. The van der Waals surface area contributed by atoms with E-state index in [0.717, 1.165) is 12.1 Å². The van der Waals surface area contributed by atoms with Gasteiger partial charge in [-0.1, -0.05) is 30.3 Å². The van der Waals surface area contributed by atoms with Gasteiger partial charge in [-0.2, -0.15) is 0 Å². The van der Waals surface area contributed by atoms with Gasteiger partial charge in [-0.15, -0.1) is 0 Å².